The maximum Gasteiger partial charge on any atom is 0.417 e. The summed E-state index contributed by atoms with van der Waals surface area (Å²) in [7, 11) is 0. The van der Waals surface area contributed by atoms with Crippen molar-refractivity contribution in [2.45, 2.75) is 19.6 Å². The summed E-state index contributed by atoms with van der Waals surface area (Å²) in [6, 6.07) is 9.67. The standard InChI is InChI=1S/C18H13BrF3N5O/c1-9-4-10-5-16(17-24-26-27-25-17)28-15(10)6-11(9)8-23-12-2-3-14(19)13(7-12)18(20,21)22/h2-7,23H,8H2,1H3,(H,24,25,26,27). The van der Waals surface area contributed by atoms with E-state index in [4.69, 9.17) is 4.42 Å². The highest BCUT2D eigenvalue weighted by Gasteiger charge is 2.33. The van der Waals surface area contributed by atoms with E-state index in [0.717, 1.165) is 22.6 Å². The van der Waals surface area contributed by atoms with Crippen LogP contribution in [0.25, 0.3) is 22.6 Å². The van der Waals surface area contributed by atoms with Gasteiger partial charge in [-0.05, 0) is 59.7 Å². The van der Waals surface area contributed by atoms with Gasteiger partial charge in [-0.3, -0.25) is 0 Å². The van der Waals surface area contributed by atoms with Crippen molar-refractivity contribution in [1.29, 1.82) is 0 Å². The molecular weight excluding hydrogens is 439 g/mol. The number of tetrazole rings is 1. The highest BCUT2D eigenvalue weighted by atomic mass is 79.9. The molecule has 2 heterocycles. The molecule has 0 aliphatic heterocycles. The summed E-state index contributed by atoms with van der Waals surface area (Å²) in [5, 5.41) is 17.6. The molecule has 4 aromatic rings. The molecule has 0 radical (unpaired) electrons. The number of aromatic nitrogens is 4. The van der Waals surface area contributed by atoms with Crippen molar-refractivity contribution < 1.29 is 17.6 Å². The first-order valence-electron chi connectivity index (χ1n) is 8.19. The van der Waals surface area contributed by atoms with Gasteiger partial charge in [-0.15, -0.1) is 10.2 Å². The summed E-state index contributed by atoms with van der Waals surface area (Å²) in [4.78, 5) is 0. The van der Waals surface area contributed by atoms with Crippen molar-refractivity contribution >= 4 is 32.6 Å². The van der Waals surface area contributed by atoms with Crippen molar-refractivity contribution in [2.75, 3.05) is 5.32 Å². The first-order valence-corrected chi connectivity index (χ1v) is 8.98. The van der Waals surface area contributed by atoms with Crippen LogP contribution in [0.1, 0.15) is 16.7 Å². The minimum Gasteiger partial charge on any atom is -0.453 e. The number of hydrogen-bond donors (Lipinski definition) is 2. The van der Waals surface area contributed by atoms with Gasteiger partial charge >= 0.3 is 6.18 Å². The number of nitrogens with one attached hydrogen (secondary N) is 2. The van der Waals surface area contributed by atoms with Crippen molar-refractivity contribution in [3.05, 3.63) is 57.6 Å². The Kier molecular flexibility index (Phi) is 4.58. The number of hydrogen-bond acceptors (Lipinski definition) is 5. The van der Waals surface area contributed by atoms with Gasteiger partial charge in [0.2, 0.25) is 5.82 Å². The van der Waals surface area contributed by atoms with Gasteiger partial charge in [-0.2, -0.15) is 18.4 Å². The molecule has 0 atom stereocenters. The number of rotatable bonds is 4. The van der Waals surface area contributed by atoms with Crippen LogP contribution in [0.4, 0.5) is 18.9 Å². The molecule has 0 amide bonds. The quantitative estimate of drug-likeness (QED) is 0.439. The van der Waals surface area contributed by atoms with Crippen LogP contribution in [0.2, 0.25) is 0 Å². The molecule has 2 aromatic carbocycles. The average Bonchev–Trinajstić information content (AvgIpc) is 3.29. The highest BCUT2D eigenvalue weighted by Crippen LogP contribution is 2.36. The highest BCUT2D eigenvalue weighted by molar-refractivity contribution is 9.10. The maximum absolute atomic E-state index is 13.1. The van der Waals surface area contributed by atoms with Crippen molar-refractivity contribution in [3.63, 3.8) is 0 Å². The summed E-state index contributed by atoms with van der Waals surface area (Å²) in [6.07, 6.45) is -4.43. The van der Waals surface area contributed by atoms with Gasteiger partial charge < -0.3 is 9.73 Å². The van der Waals surface area contributed by atoms with E-state index < -0.39 is 11.7 Å². The summed E-state index contributed by atoms with van der Waals surface area (Å²) < 4.78 is 45.0. The summed E-state index contributed by atoms with van der Waals surface area (Å²) in [6.45, 7) is 2.28. The second-order valence-electron chi connectivity index (χ2n) is 6.21. The number of anilines is 1. The smallest absolute Gasteiger partial charge is 0.417 e. The lowest BCUT2D eigenvalue weighted by molar-refractivity contribution is -0.138. The number of furan rings is 1. The van der Waals surface area contributed by atoms with Gasteiger partial charge in [-0.25, -0.2) is 0 Å². The van der Waals surface area contributed by atoms with Gasteiger partial charge in [0, 0.05) is 22.1 Å². The molecule has 144 valence electrons. The van der Waals surface area contributed by atoms with E-state index in [2.05, 4.69) is 41.9 Å². The lowest BCUT2D eigenvalue weighted by atomic mass is 10.1. The van der Waals surface area contributed by atoms with Crippen molar-refractivity contribution in [1.82, 2.24) is 20.6 Å². The molecule has 6 nitrogen and oxygen atoms in total. The molecular formula is C18H13BrF3N5O. The summed E-state index contributed by atoms with van der Waals surface area (Å²) in [5.74, 6) is 0.832. The molecule has 0 saturated heterocycles. The van der Waals surface area contributed by atoms with Crippen LogP contribution in [-0.2, 0) is 12.7 Å². The molecule has 0 aliphatic rings. The Morgan fingerprint density at radius 2 is 2.00 bits per heavy atom. The van der Waals surface area contributed by atoms with Gasteiger partial charge in [0.05, 0.1) is 5.56 Å². The second-order valence-corrected chi connectivity index (χ2v) is 7.06. The molecule has 0 bridgehead atoms. The zero-order chi connectivity index (χ0) is 19.9. The number of halogens is 4. The van der Waals surface area contributed by atoms with Crippen LogP contribution in [0.15, 0.2) is 45.3 Å². The molecule has 10 heteroatoms. The fourth-order valence-corrected chi connectivity index (χ4v) is 3.33. The third kappa shape index (κ3) is 3.59. The van der Waals surface area contributed by atoms with E-state index in [1.807, 2.05) is 25.1 Å². The Labute approximate surface area is 165 Å². The summed E-state index contributed by atoms with van der Waals surface area (Å²) >= 11 is 2.94. The Morgan fingerprint density at radius 3 is 2.71 bits per heavy atom. The number of aryl methyl sites for hydroxylation is 1. The average molecular weight is 452 g/mol. The van der Waals surface area contributed by atoms with Gasteiger partial charge in [0.1, 0.15) is 5.58 Å². The molecule has 2 aromatic heterocycles. The van der Waals surface area contributed by atoms with E-state index in [-0.39, 0.29) is 4.47 Å². The number of benzene rings is 2. The monoisotopic (exact) mass is 451 g/mol. The fourth-order valence-electron chi connectivity index (χ4n) is 2.86. The SMILES string of the molecule is Cc1cc2cc(-c3nn[nH]n3)oc2cc1CNc1ccc(Br)c(C(F)(F)F)c1. The lowest BCUT2D eigenvalue weighted by Crippen LogP contribution is -2.08. The number of H-pyrrole nitrogens is 1. The predicted molar refractivity (Wildman–Crippen MR) is 101 cm³/mol. The third-order valence-electron chi connectivity index (χ3n) is 4.30. The van der Waals surface area contributed by atoms with Gasteiger partial charge in [0.25, 0.3) is 0 Å². The Balaban J connectivity index is 1.59. The molecule has 4 rings (SSSR count). The van der Waals surface area contributed by atoms with Crippen LogP contribution >= 0.6 is 15.9 Å². The fraction of sp³-hybridized carbons (Fsp3) is 0.167. The molecule has 0 aliphatic carbocycles. The predicted octanol–water partition coefficient (Wildman–Crippen LogP) is 5.31. The van der Waals surface area contributed by atoms with E-state index in [1.54, 1.807) is 6.07 Å². The minimum atomic E-state index is -4.43. The lowest BCUT2D eigenvalue weighted by Gasteiger charge is -2.13. The third-order valence-corrected chi connectivity index (χ3v) is 4.99. The van der Waals surface area contributed by atoms with Crippen LogP contribution in [0.5, 0.6) is 0 Å². The van der Waals surface area contributed by atoms with Crippen molar-refractivity contribution in [2.24, 2.45) is 0 Å². The van der Waals surface area contributed by atoms with Gasteiger partial charge in [-0.1, -0.05) is 15.9 Å². The van der Waals surface area contributed by atoms with Crippen LogP contribution < -0.4 is 5.32 Å². The van der Waals surface area contributed by atoms with E-state index in [9.17, 15) is 13.2 Å². The molecule has 0 fully saturated rings. The molecule has 0 unspecified atom stereocenters. The van der Waals surface area contributed by atoms with E-state index in [1.165, 1.54) is 6.07 Å². The van der Waals surface area contributed by atoms with E-state index >= 15 is 0 Å². The molecule has 0 saturated carbocycles. The van der Waals surface area contributed by atoms with Crippen LogP contribution in [-0.4, -0.2) is 20.6 Å². The summed E-state index contributed by atoms with van der Waals surface area (Å²) in [5.41, 5.74) is 2.17. The number of fused-ring (bicyclic) bond motifs is 1. The first-order chi connectivity index (χ1) is 13.3. The second kappa shape index (κ2) is 6.93. The van der Waals surface area contributed by atoms with Gasteiger partial charge in [0.15, 0.2) is 5.76 Å². The Morgan fingerprint density at radius 1 is 1.18 bits per heavy atom. The zero-order valence-electron chi connectivity index (χ0n) is 14.4. The maximum atomic E-state index is 13.1. The Hall–Kier alpha value is -2.88. The number of aromatic amines is 1. The number of alkyl halides is 3. The normalized spacial score (nSPS) is 11.9. The first kappa shape index (κ1) is 18.5. The minimum absolute atomic E-state index is 0.00716. The molecule has 0 spiro atoms. The largest absolute Gasteiger partial charge is 0.453 e. The molecule has 2 N–H and O–H groups in total. The Bertz CT molecular complexity index is 1140. The zero-order valence-corrected chi connectivity index (χ0v) is 16.0. The number of nitrogens with zero attached hydrogens (tertiary/aromatic N) is 3. The molecule has 28 heavy (non-hydrogen) atoms. The van der Waals surface area contributed by atoms with Crippen LogP contribution in [0.3, 0.4) is 0 Å². The van der Waals surface area contributed by atoms with E-state index in [0.29, 0.717) is 29.4 Å². The topological polar surface area (TPSA) is 79.6 Å². The van der Waals surface area contributed by atoms with Crippen LogP contribution in [0, 0.1) is 6.92 Å². The van der Waals surface area contributed by atoms with Crippen molar-refractivity contribution in [3.8, 4) is 11.6 Å².